The SMILES string of the molecule is O=C(O)CNC(=O)C(CS)CS. The van der Waals surface area contributed by atoms with E-state index >= 15 is 0 Å². The van der Waals surface area contributed by atoms with Gasteiger partial charge in [0.2, 0.25) is 5.91 Å². The first-order valence-electron chi connectivity index (χ1n) is 3.33. The minimum absolute atomic E-state index is 0.317. The van der Waals surface area contributed by atoms with Gasteiger partial charge in [-0.15, -0.1) is 0 Å². The van der Waals surface area contributed by atoms with Crippen LogP contribution in [0.15, 0.2) is 0 Å². The molecule has 6 heteroatoms. The molecule has 0 radical (unpaired) electrons. The zero-order valence-corrected chi connectivity index (χ0v) is 8.15. The number of carbonyl (C=O) groups excluding carboxylic acids is 1. The Morgan fingerprint density at radius 3 is 2.17 bits per heavy atom. The fraction of sp³-hybridized carbons (Fsp3) is 0.667. The molecule has 0 aromatic carbocycles. The second-order valence-corrected chi connectivity index (χ2v) is 2.90. The quantitative estimate of drug-likeness (QED) is 0.468. The Labute approximate surface area is 81.5 Å². The molecule has 0 saturated carbocycles. The first-order chi connectivity index (χ1) is 5.61. The van der Waals surface area contributed by atoms with Crippen molar-refractivity contribution in [1.29, 1.82) is 0 Å². The zero-order valence-electron chi connectivity index (χ0n) is 6.36. The second kappa shape index (κ2) is 6.19. The summed E-state index contributed by atoms with van der Waals surface area (Å²) in [6.07, 6.45) is 0. The van der Waals surface area contributed by atoms with E-state index in [9.17, 15) is 9.59 Å². The van der Waals surface area contributed by atoms with E-state index in [0.717, 1.165) is 0 Å². The van der Waals surface area contributed by atoms with Crippen molar-refractivity contribution in [2.24, 2.45) is 5.92 Å². The minimum Gasteiger partial charge on any atom is -0.480 e. The lowest BCUT2D eigenvalue weighted by molar-refractivity contribution is -0.138. The Morgan fingerprint density at radius 1 is 1.33 bits per heavy atom. The summed E-state index contributed by atoms with van der Waals surface area (Å²) in [5.74, 6) is -0.956. The van der Waals surface area contributed by atoms with Gasteiger partial charge >= 0.3 is 5.97 Å². The average Bonchev–Trinajstić information content (AvgIpc) is 2.03. The van der Waals surface area contributed by atoms with Crippen LogP contribution in [0.5, 0.6) is 0 Å². The van der Waals surface area contributed by atoms with Crippen molar-refractivity contribution in [3.63, 3.8) is 0 Å². The normalized spacial score (nSPS) is 9.92. The van der Waals surface area contributed by atoms with Crippen molar-refractivity contribution in [3.8, 4) is 0 Å². The number of carboxylic acid groups (broad SMARTS) is 1. The molecule has 0 aliphatic carbocycles. The maximum absolute atomic E-state index is 11.0. The van der Waals surface area contributed by atoms with Crippen molar-refractivity contribution in [2.75, 3.05) is 18.1 Å². The van der Waals surface area contributed by atoms with Gasteiger partial charge in [0.15, 0.2) is 0 Å². The van der Waals surface area contributed by atoms with Crippen LogP contribution in [0.3, 0.4) is 0 Å². The van der Waals surface area contributed by atoms with Gasteiger partial charge in [0.25, 0.3) is 0 Å². The van der Waals surface area contributed by atoms with Crippen LogP contribution >= 0.6 is 25.3 Å². The summed E-state index contributed by atoms with van der Waals surface area (Å²) >= 11 is 7.84. The van der Waals surface area contributed by atoms with Crippen LogP contribution in [0.2, 0.25) is 0 Å². The summed E-state index contributed by atoms with van der Waals surface area (Å²) < 4.78 is 0. The average molecular weight is 209 g/mol. The molecule has 0 atom stereocenters. The van der Waals surface area contributed by atoms with Crippen LogP contribution in [0.25, 0.3) is 0 Å². The predicted octanol–water partition coefficient (Wildman–Crippen LogP) is -0.337. The van der Waals surface area contributed by atoms with E-state index in [1.54, 1.807) is 0 Å². The lowest BCUT2D eigenvalue weighted by Gasteiger charge is -2.09. The number of nitrogens with one attached hydrogen (secondary N) is 1. The monoisotopic (exact) mass is 209 g/mol. The number of aliphatic carboxylic acids is 1. The van der Waals surface area contributed by atoms with Gasteiger partial charge in [-0.2, -0.15) is 25.3 Å². The summed E-state index contributed by atoms with van der Waals surface area (Å²) in [5, 5.41) is 10.5. The maximum Gasteiger partial charge on any atom is 0.322 e. The van der Waals surface area contributed by atoms with E-state index < -0.39 is 5.97 Å². The zero-order chi connectivity index (χ0) is 9.56. The van der Waals surface area contributed by atoms with E-state index in [1.165, 1.54) is 0 Å². The van der Waals surface area contributed by atoms with E-state index in [4.69, 9.17) is 5.11 Å². The van der Waals surface area contributed by atoms with E-state index in [0.29, 0.717) is 11.5 Å². The highest BCUT2D eigenvalue weighted by atomic mass is 32.1. The molecule has 0 rings (SSSR count). The molecule has 0 aromatic heterocycles. The second-order valence-electron chi connectivity index (χ2n) is 2.17. The molecule has 0 bridgehead atoms. The molecule has 70 valence electrons. The smallest absolute Gasteiger partial charge is 0.322 e. The molecule has 0 fully saturated rings. The predicted molar refractivity (Wildman–Crippen MR) is 51.8 cm³/mol. The maximum atomic E-state index is 11.0. The van der Waals surface area contributed by atoms with Crippen molar-refractivity contribution >= 4 is 37.1 Å². The minimum atomic E-state index is -1.06. The molecule has 0 aliphatic heterocycles. The number of amides is 1. The van der Waals surface area contributed by atoms with Gasteiger partial charge in [-0.25, -0.2) is 0 Å². The highest BCUT2D eigenvalue weighted by Gasteiger charge is 2.14. The van der Waals surface area contributed by atoms with Gasteiger partial charge in [0.1, 0.15) is 6.54 Å². The summed E-state index contributed by atoms with van der Waals surface area (Å²) in [4.78, 5) is 21.1. The highest BCUT2D eigenvalue weighted by molar-refractivity contribution is 7.81. The van der Waals surface area contributed by atoms with Crippen molar-refractivity contribution < 1.29 is 14.7 Å². The first-order valence-corrected chi connectivity index (χ1v) is 4.59. The summed E-state index contributed by atoms with van der Waals surface area (Å²) in [6.45, 7) is -0.350. The van der Waals surface area contributed by atoms with Gasteiger partial charge in [-0.3, -0.25) is 9.59 Å². The third-order valence-corrected chi connectivity index (χ3v) is 2.11. The number of carbonyl (C=O) groups is 2. The summed E-state index contributed by atoms with van der Waals surface area (Å²) in [7, 11) is 0. The molecule has 0 spiro atoms. The molecule has 2 N–H and O–H groups in total. The van der Waals surface area contributed by atoms with Crippen LogP contribution in [0.4, 0.5) is 0 Å². The lowest BCUT2D eigenvalue weighted by atomic mass is 10.2. The van der Waals surface area contributed by atoms with Crippen molar-refractivity contribution in [2.45, 2.75) is 0 Å². The Bertz CT molecular complexity index is 170. The van der Waals surface area contributed by atoms with Crippen LogP contribution in [0.1, 0.15) is 0 Å². The van der Waals surface area contributed by atoms with Gasteiger partial charge in [-0.1, -0.05) is 0 Å². The number of rotatable bonds is 5. The van der Waals surface area contributed by atoms with Gasteiger partial charge in [0, 0.05) is 11.5 Å². The Hall–Kier alpha value is -0.360. The molecule has 0 saturated heterocycles. The largest absolute Gasteiger partial charge is 0.480 e. The van der Waals surface area contributed by atoms with Crippen LogP contribution < -0.4 is 5.32 Å². The fourth-order valence-corrected chi connectivity index (χ4v) is 1.32. The van der Waals surface area contributed by atoms with Crippen LogP contribution in [0, 0.1) is 5.92 Å². The highest BCUT2D eigenvalue weighted by Crippen LogP contribution is 2.01. The molecular formula is C6H11NO3S2. The topological polar surface area (TPSA) is 66.4 Å². The van der Waals surface area contributed by atoms with Crippen molar-refractivity contribution in [1.82, 2.24) is 5.32 Å². The molecule has 0 heterocycles. The van der Waals surface area contributed by atoms with Crippen LogP contribution in [-0.4, -0.2) is 35.0 Å². The van der Waals surface area contributed by atoms with Gasteiger partial charge in [0.05, 0.1) is 5.92 Å². The van der Waals surface area contributed by atoms with Gasteiger partial charge < -0.3 is 10.4 Å². The van der Waals surface area contributed by atoms with Crippen molar-refractivity contribution in [3.05, 3.63) is 0 Å². The van der Waals surface area contributed by atoms with E-state index in [2.05, 4.69) is 30.6 Å². The number of hydrogen-bond acceptors (Lipinski definition) is 4. The number of carboxylic acids is 1. The van der Waals surface area contributed by atoms with E-state index in [1.807, 2.05) is 0 Å². The van der Waals surface area contributed by atoms with Gasteiger partial charge in [-0.05, 0) is 0 Å². The van der Waals surface area contributed by atoms with E-state index in [-0.39, 0.29) is 18.4 Å². The third kappa shape index (κ3) is 4.50. The molecule has 4 nitrogen and oxygen atoms in total. The summed E-state index contributed by atoms with van der Waals surface area (Å²) in [5.41, 5.74) is 0. The lowest BCUT2D eigenvalue weighted by Crippen LogP contribution is -2.36. The third-order valence-electron chi connectivity index (χ3n) is 1.23. The molecule has 0 aromatic rings. The van der Waals surface area contributed by atoms with Crippen LogP contribution in [-0.2, 0) is 9.59 Å². The molecule has 12 heavy (non-hydrogen) atoms. The molecule has 1 amide bonds. The fourth-order valence-electron chi connectivity index (χ4n) is 0.531. The molecular weight excluding hydrogens is 198 g/mol. The Balaban J connectivity index is 3.77. The number of hydrogen-bond donors (Lipinski definition) is 4. The Kier molecular flexibility index (Phi) is 6.00. The standard InChI is InChI=1S/C6H11NO3S2/c8-5(9)1-7-6(10)4(2-11)3-12/h4,11-12H,1-3H2,(H,7,10)(H,8,9). The first kappa shape index (κ1) is 11.6. The summed E-state index contributed by atoms with van der Waals surface area (Å²) in [6, 6.07) is 0. The molecule has 0 aliphatic rings. The number of thiol groups is 2. The molecule has 0 unspecified atom stereocenters. The Morgan fingerprint density at radius 2 is 1.83 bits per heavy atom.